The van der Waals surface area contributed by atoms with Crippen molar-refractivity contribution in [3.05, 3.63) is 101 Å². The monoisotopic (exact) mass is 412 g/mol. The molecule has 0 spiro atoms. The summed E-state index contributed by atoms with van der Waals surface area (Å²) < 4.78 is 13.6. The van der Waals surface area contributed by atoms with Crippen LogP contribution in [0.4, 0.5) is 15.8 Å². The minimum Gasteiger partial charge on any atom is -0.336 e. The van der Waals surface area contributed by atoms with Crippen molar-refractivity contribution in [2.24, 2.45) is 0 Å². The lowest BCUT2D eigenvalue weighted by Gasteiger charge is -2.32. The highest BCUT2D eigenvalue weighted by Crippen LogP contribution is 2.39. The fraction of sp³-hybridized carbons (Fsp3) is 0.154. The molecule has 2 amide bonds. The van der Waals surface area contributed by atoms with Crippen LogP contribution in [0.1, 0.15) is 23.1 Å². The molecule has 2 aliphatic rings. The second-order valence-electron chi connectivity index (χ2n) is 7.90. The molecule has 31 heavy (non-hydrogen) atoms. The summed E-state index contributed by atoms with van der Waals surface area (Å²) in [6, 6.07) is 21.0. The number of carbonyl (C=O) groups excluding carboxylic acids is 2. The van der Waals surface area contributed by atoms with E-state index in [-0.39, 0.29) is 11.7 Å². The number of rotatable bonds is 3. The number of benzene rings is 3. The number of carbonyl (C=O) groups is 2. The molecule has 0 atom stereocenters. The summed E-state index contributed by atoms with van der Waals surface area (Å²) in [5, 5.41) is 0. The van der Waals surface area contributed by atoms with Crippen molar-refractivity contribution in [1.29, 1.82) is 0 Å². The first-order valence-electron chi connectivity index (χ1n) is 10.4. The number of halogens is 1. The maximum absolute atomic E-state index is 13.7. The van der Waals surface area contributed by atoms with Gasteiger partial charge in [0.2, 0.25) is 0 Å². The molecule has 0 fully saturated rings. The Morgan fingerprint density at radius 1 is 0.839 bits per heavy atom. The van der Waals surface area contributed by atoms with Gasteiger partial charge in [0.05, 0.1) is 11.3 Å². The van der Waals surface area contributed by atoms with Gasteiger partial charge in [-0.3, -0.25) is 9.59 Å². The zero-order valence-electron chi connectivity index (χ0n) is 17.1. The number of hydrogen-bond acceptors (Lipinski definition) is 3. The van der Waals surface area contributed by atoms with Gasteiger partial charge in [-0.25, -0.2) is 9.29 Å². The normalized spacial score (nSPS) is 16.2. The van der Waals surface area contributed by atoms with Crippen molar-refractivity contribution < 1.29 is 14.0 Å². The minimum absolute atomic E-state index is 0.308. The van der Waals surface area contributed by atoms with Gasteiger partial charge >= 0.3 is 0 Å². The Kier molecular flexibility index (Phi) is 4.66. The van der Waals surface area contributed by atoms with E-state index in [1.54, 1.807) is 24.3 Å². The summed E-state index contributed by atoms with van der Waals surface area (Å²) in [6.07, 6.45) is 1.80. The number of hydrogen-bond donors (Lipinski definition) is 0. The van der Waals surface area contributed by atoms with Crippen LogP contribution in [0.3, 0.4) is 0 Å². The first kappa shape index (κ1) is 19.2. The van der Waals surface area contributed by atoms with Gasteiger partial charge in [-0.15, -0.1) is 0 Å². The Labute approximate surface area is 180 Å². The minimum atomic E-state index is -0.390. The van der Waals surface area contributed by atoms with E-state index in [4.69, 9.17) is 0 Å². The number of fused-ring (bicyclic) bond motifs is 1. The van der Waals surface area contributed by atoms with Crippen LogP contribution in [0.25, 0.3) is 5.57 Å². The van der Waals surface area contributed by atoms with Crippen molar-refractivity contribution >= 4 is 28.8 Å². The Balaban J connectivity index is 1.69. The molecule has 2 heterocycles. The summed E-state index contributed by atoms with van der Waals surface area (Å²) in [6.45, 7) is 2.59. The predicted molar refractivity (Wildman–Crippen MR) is 119 cm³/mol. The number of imide groups is 1. The summed E-state index contributed by atoms with van der Waals surface area (Å²) in [7, 11) is 0. The molecule has 5 rings (SSSR count). The first-order chi connectivity index (χ1) is 15.0. The molecule has 0 aromatic heterocycles. The van der Waals surface area contributed by atoms with Gasteiger partial charge < -0.3 is 4.90 Å². The van der Waals surface area contributed by atoms with Crippen molar-refractivity contribution in [1.82, 2.24) is 0 Å². The van der Waals surface area contributed by atoms with Crippen molar-refractivity contribution in [2.45, 2.75) is 19.8 Å². The number of para-hydroxylation sites is 1. The molecule has 4 nitrogen and oxygen atoms in total. The molecule has 154 valence electrons. The molecule has 0 N–H and O–H groups in total. The molecule has 0 aliphatic carbocycles. The molecule has 0 saturated heterocycles. The molecular formula is C26H21FN2O2. The van der Waals surface area contributed by atoms with Gasteiger partial charge in [-0.1, -0.05) is 48.0 Å². The van der Waals surface area contributed by atoms with E-state index in [1.807, 2.05) is 42.2 Å². The van der Waals surface area contributed by atoms with Crippen molar-refractivity contribution in [3.8, 4) is 0 Å². The second kappa shape index (κ2) is 7.51. The average molecular weight is 412 g/mol. The third-order valence-electron chi connectivity index (χ3n) is 5.86. The quantitative estimate of drug-likeness (QED) is 0.576. The van der Waals surface area contributed by atoms with Crippen LogP contribution in [0.2, 0.25) is 0 Å². The standard InChI is InChI=1S/C26H21FN2O2/c1-17-8-14-21(15-9-17)29-25(30)23(19-10-12-20(27)13-11-19)24(26(29)31)28-16-4-6-18-5-2-3-7-22(18)28/h2-3,5,7-15H,4,6,16H2,1H3. The number of nitrogens with zero attached hydrogens (tertiary/aromatic N) is 2. The molecule has 2 aliphatic heterocycles. The second-order valence-corrected chi connectivity index (χ2v) is 7.90. The molecule has 0 saturated carbocycles. The molecule has 0 bridgehead atoms. The van der Waals surface area contributed by atoms with E-state index in [1.165, 1.54) is 17.0 Å². The molecular weight excluding hydrogens is 391 g/mol. The highest BCUT2D eigenvalue weighted by atomic mass is 19.1. The maximum Gasteiger partial charge on any atom is 0.282 e. The summed E-state index contributed by atoms with van der Waals surface area (Å²) >= 11 is 0. The Morgan fingerprint density at radius 2 is 1.55 bits per heavy atom. The Morgan fingerprint density at radius 3 is 2.29 bits per heavy atom. The fourth-order valence-corrected chi connectivity index (χ4v) is 4.34. The SMILES string of the molecule is Cc1ccc(N2C(=O)C(c3ccc(F)cc3)=C(N3CCCc4ccccc43)C2=O)cc1. The molecule has 0 radical (unpaired) electrons. The van der Waals surface area contributed by atoms with Gasteiger partial charge in [0.25, 0.3) is 11.8 Å². The van der Waals surface area contributed by atoms with Crippen LogP contribution in [0, 0.1) is 12.7 Å². The fourth-order valence-electron chi connectivity index (χ4n) is 4.34. The highest BCUT2D eigenvalue weighted by molar-refractivity contribution is 6.46. The van der Waals surface area contributed by atoms with Crippen LogP contribution in [-0.2, 0) is 16.0 Å². The maximum atomic E-state index is 13.7. The zero-order valence-corrected chi connectivity index (χ0v) is 17.1. The Bertz CT molecular complexity index is 1210. The van der Waals surface area contributed by atoms with Crippen molar-refractivity contribution in [2.75, 3.05) is 16.3 Å². The van der Waals surface area contributed by atoms with E-state index in [0.29, 0.717) is 29.1 Å². The first-order valence-corrected chi connectivity index (χ1v) is 10.4. The number of aryl methyl sites for hydroxylation is 2. The lowest BCUT2D eigenvalue weighted by molar-refractivity contribution is -0.120. The van der Waals surface area contributed by atoms with Gasteiger partial charge in [-0.05, 0) is 61.2 Å². The molecule has 3 aromatic carbocycles. The van der Waals surface area contributed by atoms with Gasteiger partial charge in [0, 0.05) is 12.2 Å². The number of anilines is 2. The van der Waals surface area contributed by atoms with Crippen LogP contribution < -0.4 is 9.80 Å². The molecule has 0 unspecified atom stereocenters. The summed E-state index contributed by atoms with van der Waals surface area (Å²) in [4.78, 5) is 30.4. The molecule has 3 aromatic rings. The van der Waals surface area contributed by atoms with E-state index in [9.17, 15) is 14.0 Å². The summed E-state index contributed by atoms with van der Waals surface area (Å²) in [5.74, 6) is -1.13. The highest BCUT2D eigenvalue weighted by Gasteiger charge is 2.43. The van der Waals surface area contributed by atoms with Crippen LogP contribution in [0.5, 0.6) is 0 Å². The zero-order chi connectivity index (χ0) is 21.5. The lowest BCUT2D eigenvalue weighted by Crippen LogP contribution is -2.37. The molecule has 5 heteroatoms. The largest absolute Gasteiger partial charge is 0.336 e. The summed E-state index contributed by atoms with van der Waals surface area (Å²) in [5.41, 5.74) is 4.85. The van der Waals surface area contributed by atoms with Crippen LogP contribution >= 0.6 is 0 Å². The van der Waals surface area contributed by atoms with Crippen LogP contribution in [-0.4, -0.2) is 18.4 Å². The third-order valence-corrected chi connectivity index (χ3v) is 5.86. The van der Waals surface area contributed by atoms with E-state index >= 15 is 0 Å². The van der Waals surface area contributed by atoms with Gasteiger partial charge in [0.1, 0.15) is 11.5 Å². The predicted octanol–water partition coefficient (Wildman–Crippen LogP) is 4.87. The topological polar surface area (TPSA) is 40.6 Å². The third kappa shape index (κ3) is 3.22. The van der Waals surface area contributed by atoms with E-state index in [2.05, 4.69) is 6.07 Å². The van der Waals surface area contributed by atoms with E-state index < -0.39 is 5.91 Å². The van der Waals surface area contributed by atoms with Crippen molar-refractivity contribution in [3.63, 3.8) is 0 Å². The lowest BCUT2D eigenvalue weighted by atomic mass is 9.98. The van der Waals surface area contributed by atoms with Gasteiger partial charge in [0.15, 0.2) is 0 Å². The smallest absolute Gasteiger partial charge is 0.282 e. The van der Waals surface area contributed by atoms with Crippen LogP contribution in [0.15, 0.2) is 78.5 Å². The Hall–Kier alpha value is -3.73. The number of amides is 2. The average Bonchev–Trinajstić information content (AvgIpc) is 3.04. The van der Waals surface area contributed by atoms with Gasteiger partial charge in [-0.2, -0.15) is 0 Å². The van der Waals surface area contributed by atoms with E-state index in [0.717, 1.165) is 29.7 Å².